The molecule has 1 atom stereocenters. The molecular weight excluding hydrogens is 246 g/mol. The number of aromatic nitrogens is 1. The van der Waals surface area contributed by atoms with E-state index in [0.29, 0.717) is 5.92 Å². The molecule has 1 aliphatic rings. The van der Waals surface area contributed by atoms with E-state index in [-0.39, 0.29) is 5.41 Å². The molecule has 2 heterocycles. The first-order valence-corrected chi connectivity index (χ1v) is 7.26. The summed E-state index contributed by atoms with van der Waals surface area (Å²) in [6.45, 7) is 6.29. The smallest absolute Gasteiger partial charge is 0.0702 e. The lowest BCUT2D eigenvalue weighted by Crippen LogP contribution is -2.33. The Morgan fingerprint density at radius 1 is 1.30 bits per heavy atom. The van der Waals surface area contributed by atoms with Gasteiger partial charge >= 0.3 is 0 Å². The van der Waals surface area contributed by atoms with Gasteiger partial charge in [-0.1, -0.05) is 38.1 Å². The molecule has 0 aliphatic carbocycles. The van der Waals surface area contributed by atoms with Crippen LogP contribution in [-0.4, -0.2) is 18.2 Å². The van der Waals surface area contributed by atoms with E-state index in [9.17, 15) is 0 Å². The zero-order chi connectivity index (χ0) is 14.0. The van der Waals surface area contributed by atoms with Crippen molar-refractivity contribution in [3.8, 4) is 0 Å². The number of benzene rings is 1. The number of hydrogen-bond donors (Lipinski definition) is 0. The molecule has 0 radical (unpaired) electrons. The molecule has 0 N–H and O–H groups in total. The lowest BCUT2D eigenvalue weighted by atomic mass is 9.76. The van der Waals surface area contributed by atoms with Crippen LogP contribution in [-0.2, 0) is 4.74 Å². The third-order valence-electron chi connectivity index (χ3n) is 4.20. The van der Waals surface area contributed by atoms with Gasteiger partial charge in [-0.25, -0.2) is 0 Å². The largest absolute Gasteiger partial charge is 0.381 e. The van der Waals surface area contributed by atoms with Gasteiger partial charge in [0.2, 0.25) is 0 Å². The van der Waals surface area contributed by atoms with Crippen molar-refractivity contribution in [2.24, 2.45) is 11.3 Å². The third-order valence-corrected chi connectivity index (χ3v) is 4.20. The van der Waals surface area contributed by atoms with Crippen molar-refractivity contribution in [3.05, 3.63) is 48.2 Å². The summed E-state index contributed by atoms with van der Waals surface area (Å²) in [5.41, 5.74) is 2.52. The van der Waals surface area contributed by atoms with E-state index in [1.165, 1.54) is 10.9 Å². The molecular formula is C18H21NO. The molecule has 0 amide bonds. The molecule has 1 aromatic heterocycles. The van der Waals surface area contributed by atoms with Crippen LogP contribution in [0.25, 0.3) is 17.0 Å². The van der Waals surface area contributed by atoms with Crippen molar-refractivity contribution in [3.63, 3.8) is 0 Å². The van der Waals surface area contributed by atoms with Gasteiger partial charge in [-0.05, 0) is 41.5 Å². The highest BCUT2D eigenvalue weighted by molar-refractivity contribution is 5.81. The van der Waals surface area contributed by atoms with Crippen LogP contribution in [0, 0.1) is 11.3 Å². The van der Waals surface area contributed by atoms with Crippen LogP contribution in [0.1, 0.15) is 25.8 Å². The highest BCUT2D eigenvalue weighted by Crippen LogP contribution is 2.35. The number of pyridine rings is 1. The molecule has 20 heavy (non-hydrogen) atoms. The van der Waals surface area contributed by atoms with Crippen molar-refractivity contribution in [2.45, 2.75) is 20.3 Å². The van der Waals surface area contributed by atoms with Crippen molar-refractivity contribution in [1.29, 1.82) is 0 Å². The zero-order valence-electron chi connectivity index (χ0n) is 12.2. The predicted molar refractivity (Wildman–Crippen MR) is 83.5 cm³/mol. The summed E-state index contributed by atoms with van der Waals surface area (Å²) in [4.78, 5) is 4.35. The Morgan fingerprint density at radius 2 is 2.20 bits per heavy atom. The fraction of sp³-hybridized carbons (Fsp3) is 0.389. The molecule has 104 valence electrons. The minimum atomic E-state index is 0.229. The van der Waals surface area contributed by atoms with Gasteiger partial charge in [-0.15, -0.1) is 0 Å². The van der Waals surface area contributed by atoms with E-state index in [1.807, 2.05) is 12.3 Å². The standard InChI is InChI=1S/C18H21NO/c1-18(2)13-20-11-9-16(18)7-5-14-6-8-17-15(12-14)4-3-10-19-17/h3-8,10,12,16H,9,11,13H2,1-2H3. The Morgan fingerprint density at radius 3 is 3.05 bits per heavy atom. The Labute approximate surface area is 120 Å². The van der Waals surface area contributed by atoms with Gasteiger partial charge in [0.15, 0.2) is 0 Å². The normalized spacial score (nSPS) is 22.4. The first-order chi connectivity index (χ1) is 9.65. The molecule has 1 saturated heterocycles. The average molecular weight is 267 g/mol. The van der Waals surface area contributed by atoms with Gasteiger partial charge in [-0.2, -0.15) is 0 Å². The second-order valence-electron chi connectivity index (χ2n) is 6.25. The number of rotatable bonds is 2. The minimum Gasteiger partial charge on any atom is -0.381 e. The fourth-order valence-electron chi connectivity index (χ4n) is 2.83. The Balaban J connectivity index is 1.83. The number of nitrogens with zero attached hydrogens (tertiary/aromatic N) is 1. The summed E-state index contributed by atoms with van der Waals surface area (Å²) in [6.07, 6.45) is 7.53. The van der Waals surface area contributed by atoms with Crippen LogP contribution < -0.4 is 0 Å². The number of ether oxygens (including phenoxy) is 1. The van der Waals surface area contributed by atoms with Gasteiger partial charge in [0.25, 0.3) is 0 Å². The van der Waals surface area contributed by atoms with E-state index in [2.05, 4.69) is 55.2 Å². The highest BCUT2D eigenvalue weighted by atomic mass is 16.5. The molecule has 2 aromatic rings. The van der Waals surface area contributed by atoms with E-state index < -0.39 is 0 Å². The van der Waals surface area contributed by atoms with Crippen LogP contribution in [0.3, 0.4) is 0 Å². The summed E-state index contributed by atoms with van der Waals surface area (Å²) in [7, 11) is 0. The molecule has 1 aliphatic heterocycles. The van der Waals surface area contributed by atoms with E-state index >= 15 is 0 Å². The molecule has 0 spiro atoms. The van der Waals surface area contributed by atoms with Crippen LogP contribution in [0.4, 0.5) is 0 Å². The Kier molecular flexibility index (Phi) is 3.58. The van der Waals surface area contributed by atoms with Crippen LogP contribution in [0.15, 0.2) is 42.6 Å². The van der Waals surface area contributed by atoms with E-state index in [0.717, 1.165) is 25.2 Å². The average Bonchev–Trinajstić information content (AvgIpc) is 2.45. The summed E-state index contributed by atoms with van der Waals surface area (Å²) in [6, 6.07) is 10.5. The van der Waals surface area contributed by atoms with Gasteiger partial charge in [-0.3, -0.25) is 4.98 Å². The quantitative estimate of drug-likeness (QED) is 0.809. The predicted octanol–water partition coefficient (Wildman–Crippen LogP) is 4.31. The summed E-state index contributed by atoms with van der Waals surface area (Å²) in [5.74, 6) is 0.584. The highest BCUT2D eigenvalue weighted by Gasteiger charge is 2.30. The van der Waals surface area contributed by atoms with Crippen LogP contribution in [0.5, 0.6) is 0 Å². The maximum absolute atomic E-state index is 5.58. The van der Waals surface area contributed by atoms with Gasteiger partial charge in [0.05, 0.1) is 12.1 Å². The second kappa shape index (κ2) is 5.37. The summed E-state index contributed by atoms with van der Waals surface area (Å²) in [5, 5.41) is 1.20. The van der Waals surface area contributed by atoms with Crippen LogP contribution >= 0.6 is 0 Å². The van der Waals surface area contributed by atoms with Crippen molar-refractivity contribution in [1.82, 2.24) is 4.98 Å². The lowest BCUT2D eigenvalue weighted by molar-refractivity contribution is -0.0148. The third kappa shape index (κ3) is 2.75. The summed E-state index contributed by atoms with van der Waals surface area (Å²) >= 11 is 0. The molecule has 3 rings (SSSR count). The molecule has 2 nitrogen and oxygen atoms in total. The second-order valence-corrected chi connectivity index (χ2v) is 6.25. The molecule has 1 unspecified atom stereocenters. The molecule has 0 saturated carbocycles. The Bertz CT molecular complexity index is 630. The van der Waals surface area contributed by atoms with Gasteiger partial charge in [0, 0.05) is 18.2 Å². The number of hydrogen-bond acceptors (Lipinski definition) is 2. The van der Waals surface area contributed by atoms with E-state index in [4.69, 9.17) is 4.74 Å². The van der Waals surface area contributed by atoms with E-state index in [1.54, 1.807) is 0 Å². The van der Waals surface area contributed by atoms with Crippen molar-refractivity contribution < 1.29 is 4.74 Å². The Hall–Kier alpha value is -1.67. The fourth-order valence-corrected chi connectivity index (χ4v) is 2.83. The van der Waals surface area contributed by atoms with Crippen LogP contribution in [0.2, 0.25) is 0 Å². The van der Waals surface area contributed by atoms with Crippen molar-refractivity contribution in [2.75, 3.05) is 13.2 Å². The molecule has 0 bridgehead atoms. The number of fused-ring (bicyclic) bond motifs is 1. The van der Waals surface area contributed by atoms with Gasteiger partial charge < -0.3 is 4.74 Å². The van der Waals surface area contributed by atoms with Gasteiger partial charge in [0.1, 0.15) is 0 Å². The SMILES string of the molecule is CC1(C)COCCC1C=Cc1ccc2ncccc2c1. The topological polar surface area (TPSA) is 22.1 Å². The first kappa shape index (κ1) is 13.3. The first-order valence-electron chi connectivity index (χ1n) is 7.26. The monoisotopic (exact) mass is 267 g/mol. The van der Waals surface area contributed by atoms with Crippen molar-refractivity contribution >= 4 is 17.0 Å². The molecule has 2 heteroatoms. The summed E-state index contributed by atoms with van der Waals surface area (Å²) < 4.78 is 5.58. The lowest BCUT2D eigenvalue weighted by Gasteiger charge is -2.36. The number of allylic oxidation sites excluding steroid dienone is 1. The molecule has 1 aromatic carbocycles. The maximum atomic E-state index is 5.58. The zero-order valence-corrected chi connectivity index (χ0v) is 12.2. The maximum Gasteiger partial charge on any atom is 0.0702 e. The molecule has 1 fully saturated rings. The minimum absolute atomic E-state index is 0.229.